The zero-order chi connectivity index (χ0) is 22.2. The van der Waals surface area contributed by atoms with Gasteiger partial charge in [-0.05, 0) is 37.1 Å². The summed E-state index contributed by atoms with van der Waals surface area (Å²) in [5.41, 5.74) is 2.12. The highest BCUT2D eigenvalue weighted by atomic mass is 35.5. The number of halogens is 2. The van der Waals surface area contributed by atoms with Crippen molar-refractivity contribution in [2.24, 2.45) is 0 Å². The normalized spacial score (nSPS) is 18.9. The molecule has 0 aromatic heterocycles. The lowest BCUT2D eigenvalue weighted by Gasteiger charge is -2.36. The third-order valence-electron chi connectivity index (χ3n) is 6.26. The van der Waals surface area contributed by atoms with Gasteiger partial charge in [0, 0.05) is 53.0 Å². The van der Waals surface area contributed by atoms with Crippen LogP contribution in [-0.2, 0) is 20.9 Å². The second-order valence-electron chi connectivity index (χ2n) is 8.32. The summed E-state index contributed by atoms with van der Waals surface area (Å²) >= 11 is 6.35. The molecule has 0 saturated carbocycles. The maximum atomic E-state index is 14.1. The summed E-state index contributed by atoms with van der Waals surface area (Å²) < 4.78 is 26.3. The molecule has 0 radical (unpaired) electrons. The van der Waals surface area contributed by atoms with Crippen LogP contribution in [0.1, 0.15) is 55.6 Å². The highest BCUT2D eigenvalue weighted by molar-refractivity contribution is 6.30. The molecule has 0 N–H and O–H groups in total. The van der Waals surface area contributed by atoms with Crippen LogP contribution in [0.2, 0.25) is 5.02 Å². The van der Waals surface area contributed by atoms with E-state index >= 15 is 0 Å². The van der Waals surface area contributed by atoms with Gasteiger partial charge in [0.05, 0.1) is 5.92 Å². The van der Waals surface area contributed by atoms with Gasteiger partial charge in [-0.3, -0.25) is 9.59 Å². The summed E-state index contributed by atoms with van der Waals surface area (Å²) in [4.78, 5) is 26.0. The van der Waals surface area contributed by atoms with Crippen LogP contribution in [0.15, 0.2) is 65.1 Å². The number of carbonyl (C=O) groups excluding carboxylic acids is 2. The van der Waals surface area contributed by atoms with Gasteiger partial charge in [0.15, 0.2) is 11.6 Å². The van der Waals surface area contributed by atoms with E-state index in [4.69, 9.17) is 21.1 Å². The van der Waals surface area contributed by atoms with Crippen LogP contribution in [0.4, 0.5) is 4.39 Å². The molecule has 0 atom stereocenters. The number of allylic oxidation sites excluding steroid dienone is 4. The number of benzene rings is 2. The molecule has 164 valence electrons. The minimum absolute atomic E-state index is 0.0128. The Morgan fingerprint density at radius 3 is 2.25 bits per heavy atom. The van der Waals surface area contributed by atoms with Gasteiger partial charge in [0.25, 0.3) is 0 Å². The molecule has 0 amide bonds. The van der Waals surface area contributed by atoms with Crippen molar-refractivity contribution >= 4 is 23.2 Å². The SMILES string of the molecule is O=C1CCCC2=C1C(c1cc(Cl)ccc1OCc1ccccc1F)C1=C(CCCC1=O)O2. The van der Waals surface area contributed by atoms with Crippen LogP contribution < -0.4 is 4.74 Å². The number of hydrogen-bond donors (Lipinski definition) is 0. The van der Waals surface area contributed by atoms with Gasteiger partial charge in [-0.25, -0.2) is 4.39 Å². The van der Waals surface area contributed by atoms with Crippen molar-refractivity contribution in [1.29, 1.82) is 0 Å². The molecule has 0 unspecified atom stereocenters. The topological polar surface area (TPSA) is 52.6 Å². The van der Waals surface area contributed by atoms with Crippen molar-refractivity contribution in [3.8, 4) is 5.75 Å². The maximum Gasteiger partial charge on any atom is 0.163 e. The fraction of sp³-hybridized carbons (Fsp3) is 0.308. The molecule has 0 fully saturated rings. The Balaban J connectivity index is 1.61. The van der Waals surface area contributed by atoms with Crippen LogP contribution >= 0.6 is 11.6 Å². The summed E-state index contributed by atoms with van der Waals surface area (Å²) in [7, 11) is 0. The predicted molar refractivity (Wildman–Crippen MR) is 118 cm³/mol. The first-order valence-electron chi connectivity index (χ1n) is 10.9. The average Bonchev–Trinajstić information content (AvgIpc) is 2.78. The smallest absolute Gasteiger partial charge is 0.163 e. The Morgan fingerprint density at radius 1 is 0.938 bits per heavy atom. The van der Waals surface area contributed by atoms with Gasteiger partial charge in [-0.15, -0.1) is 0 Å². The Bertz CT molecular complexity index is 1140. The van der Waals surface area contributed by atoms with Gasteiger partial charge in [0.1, 0.15) is 29.7 Å². The predicted octanol–water partition coefficient (Wildman–Crippen LogP) is 6.19. The molecule has 0 saturated heterocycles. The number of Topliss-reactive ketones (excluding diaryl/α,β-unsaturated/α-hetero) is 2. The fourth-order valence-corrected chi connectivity index (χ4v) is 4.96. The average molecular weight is 453 g/mol. The minimum Gasteiger partial charge on any atom is -0.488 e. The van der Waals surface area contributed by atoms with Crippen molar-refractivity contribution < 1.29 is 23.5 Å². The summed E-state index contributed by atoms with van der Waals surface area (Å²) in [6.07, 6.45) is 3.62. The lowest BCUT2D eigenvalue weighted by atomic mass is 9.73. The van der Waals surface area contributed by atoms with E-state index in [1.54, 1.807) is 36.4 Å². The van der Waals surface area contributed by atoms with Crippen LogP contribution in [-0.4, -0.2) is 11.6 Å². The molecule has 5 rings (SSSR count). The molecule has 2 aliphatic carbocycles. The van der Waals surface area contributed by atoms with E-state index in [0.717, 1.165) is 12.8 Å². The first-order valence-corrected chi connectivity index (χ1v) is 11.3. The monoisotopic (exact) mass is 452 g/mol. The fourth-order valence-electron chi connectivity index (χ4n) is 4.78. The molecule has 6 heteroatoms. The van der Waals surface area contributed by atoms with Crippen molar-refractivity contribution in [2.45, 2.75) is 51.0 Å². The van der Waals surface area contributed by atoms with Crippen LogP contribution in [0.25, 0.3) is 0 Å². The molecule has 0 spiro atoms. The molecule has 2 aromatic rings. The molecule has 1 heterocycles. The van der Waals surface area contributed by atoms with E-state index in [1.807, 2.05) is 0 Å². The van der Waals surface area contributed by atoms with E-state index in [2.05, 4.69) is 0 Å². The third kappa shape index (κ3) is 3.75. The lowest BCUT2D eigenvalue weighted by Crippen LogP contribution is -2.30. The highest BCUT2D eigenvalue weighted by Gasteiger charge is 2.42. The van der Waals surface area contributed by atoms with Gasteiger partial charge >= 0.3 is 0 Å². The van der Waals surface area contributed by atoms with Crippen molar-refractivity contribution in [1.82, 2.24) is 0 Å². The molecular formula is C26H22ClFO4. The Morgan fingerprint density at radius 2 is 1.59 bits per heavy atom. The van der Waals surface area contributed by atoms with E-state index in [0.29, 0.717) is 70.2 Å². The van der Waals surface area contributed by atoms with Crippen molar-refractivity contribution in [2.75, 3.05) is 0 Å². The second kappa shape index (κ2) is 8.55. The van der Waals surface area contributed by atoms with Gasteiger partial charge in [-0.1, -0.05) is 29.8 Å². The van der Waals surface area contributed by atoms with E-state index in [1.165, 1.54) is 6.07 Å². The molecular weight excluding hydrogens is 431 g/mol. The lowest BCUT2D eigenvalue weighted by molar-refractivity contribution is -0.117. The zero-order valence-electron chi connectivity index (χ0n) is 17.5. The maximum absolute atomic E-state index is 14.1. The highest BCUT2D eigenvalue weighted by Crippen LogP contribution is 2.50. The van der Waals surface area contributed by atoms with Crippen molar-refractivity contribution in [3.63, 3.8) is 0 Å². The number of ketones is 2. The quantitative estimate of drug-likeness (QED) is 0.555. The first-order chi connectivity index (χ1) is 15.5. The van der Waals surface area contributed by atoms with Crippen LogP contribution in [0, 0.1) is 5.82 Å². The summed E-state index contributed by atoms with van der Waals surface area (Å²) in [5, 5.41) is 0.473. The molecule has 2 aromatic carbocycles. The summed E-state index contributed by atoms with van der Waals surface area (Å²) in [6, 6.07) is 11.6. The molecule has 3 aliphatic rings. The number of ether oxygens (including phenoxy) is 2. The molecule has 1 aliphatic heterocycles. The molecule has 0 bridgehead atoms. The second-order valence-corrected chi connectivity index (χ2v) is 8.76. The van der Waals surface area contributed by atoms with Crippen LogP contribution in [0.3, 0.4) is 0 Å². The van der Waals surface area contributed by atoms with E-state index in [-0.39, 0.29) is 24.0 Å². The van der Waals surface area contributed by atoms with E-state index < -0.39 is 5.92 Å². The molecule has 32 heavy (non-hydrogen) atoms. The summed E-state index contributed by atoms with van der Waals surface area (Å²) in [6.45, 7) is 0.0181. The van der Waals surface area contributed by atoms with Gasteiger partial charge in [0.2, 0.25) is 0 Å². The largest absolute Gasteiger partial charge is 0.488 e. The minimum atomic E-state index is -0.580. The van der Waals surface area contributed by atoms with E-state index in [9.17, 15) is 14.0 Å². The van der Waals surface area contributed by atoms with Gasteiger partial charge < -0.3 is 9.47 Å². The molecule has 4 nitrogen and oxygen atoms in total. The standard InChI is InChI=1S/C26H22ClFO4/c27-16-11-12-21(31-14-15-5-1-2-6-18(15)28)17(13-16)24-25-19(29)7-3-9-22(25)32-23-10-4-8-20(30)26(23)24/h1-2,5-6,11-13,24H,3-4,7-10,14H2. The van der Waals surface area contributed by atoms with Crippen LogP contribution in [0.5, 0.6) is 5.75 Å². The first kappa shape index (κ1) is 21.0. The number of carbonyl (C=O) groups is 2. The Labute approximate surface area is 190 Å². The number of rotatable bonds is 4. The van der Waals surface area contributed by atoms with Crippen molar-refractivity contribution in [3.05, 3.63) is 87.1 Å². The van der Waals surface area contributed by atoms with Gasteiger partial charge in [-0.2, -0.15) is 0 Å². The zero-order valence-corrected chi connectivity index (χ0v) is 18.2. The summed E-state index contributed by atoms with van der Waals surface area (Å²) in [5.74, 6) is 0.819. The Kier molecular flexibility index (Phi) is 5.60. The Hall–Kier alpha value is -2.92. The number of hydrogen-bond acceptors (Lipinski definition) is 4. The third-order valence-corrected chi connectivity index (χ3v) is 6.50.